The van der Waals surface area contributed by atoms with Crippen molar-refractivity contribution in [1.82, 2.24) is 0 Å². The van der Waals surface area contributed by atoms with E-state index in [4.69, 9.17) is 27.9 Å². The molecule has 0 radical (unpaired) electrons. The quantitative estimate of drug-likeness (QED) is 0.534. The van der Waals surface area contributed by atoms with Crippen LogP contribution in [0.2, 0.25) is 10.0 Å². The maximum Gasteiger partial charge on any atom is 0.378 e. The van der Waals surface area contributed by atoms with Gasteiger partial charge in [0.25, 0.3) is 0 Å². The van der Waals surface area contributed by atoms with Crippen LogP contribution < -0.4 is 0 Å². The Bertz CT molecular complexity index is 1090. The summed E-state index contributed by atoms with van der Waals surface area (Å²) in [5.41, 5.74) is 0.820. The number of rotatable bonds is 3. The molecule has 0 aliphatic carbocycles. The van der Waals surface area contributed by atoms with Crippen LogP contribution >= 0.6 is 23.2 Å². The van der Waals surface area contributed by atoms with Crippen LogP contribution in [0.1, 0.15) is 11.1 Å². The van der Waals surface area contributed by atoms with Crippen molar-refractivity contribution in [3.05, 3.63) is 105 Å². The topological polar surface area (TPSA) is 66.8 Å². The lowest BCUT2D eigenvalue weighted by Gasteiger charge is -2.29. The van der Waals surface area contributed by atoms with E-state index in [1.807, 2.05) is 12.1 Å². The highest BCUT2D eigenvalue weighted by Crippen LogP contribution is 2.47. The largest absolute Gasteiger partial charge is 0.504 e. The summed E-state index contributed by atoms with van der Waals surface area (Å²) in [5, 5.41) is 21.5. The second-order valence-corrected chi connectivity index (χ2v) is 7.18. The first-order valence-electron chi connectivity index (χ1n) is 8.41. The van der Waals surface area contributed by atoms with Gasteiger partial charge in [0, 0.05) is 21.2 Å². The molecule has 0 aromatic heterocycles. The van der Waals surface area contributed by atoms with Crippen LogP contribution in [0.3, 0.4) is 0 Å². The van der Waals surface area contributed by atoms with Gasteiger partial charge in [0.15, 0.2) is 5.76 Å². The van der Waals surface area contributed by atoms with Crippen LogP contribution in [0, 0.1) is 0 Å². The summed E-state index contributed by atoms with van der Waals surface area (Å²) >= 11 is 12.5. The van der Waals surface area contributed by atoms with Gasteiger partial charge in [-0.25, -0.2) is 4.79 Å². The standard InChI is InChI=1S/C22H14Cl2O4/c23-16-9-6-13(7-10-16)14-8-11-17(18(24)12-14)22(15-4-2-1-3-5-15)20(26)19(25)21(27)28-22/h1-12,25-26H. The van der Waals surface area contributed by atoms with Crippen LogP contribution in [0.25, 0.3) is 11.1 Å². The second-order valence-electron chi connectivity index (χ2n) is 6.34. The van der Waals surface area contributed by atoms with Crippen molar-refractivity contribution >= 4 is 29.2 Å². The molecule has 0 bridgehead atoms. The van der Waals surface area contributed by atoms with Gasteiger partial charge in [0.05, 0.1) is 0 Å². The van der Waals surface area contributed by atoms with Gasteiger partial charge in [-0.2, -0.15) is 0 Å². The van der Waals surface area contributed by atoms with Crippen LogP contribution in [0.5, 0.6) is 0 Å². The number of carbonyl (C=O) groups excluding carboxylic acids is 1. The molecule has 6 heteroatoms. The van der Waals surface area contributed by atoms with Crippen LogP contribution in [0.4, 0.5) is 0 Å². The van der Waals surface area contributed by atoms with E-state index in [-0.39, 0.29) is 5.02 Å². The molecule has 28 heavy (non-hydrogen) atoms. The van der Waals surface area contributed by atoms with Crippen LogP contribution in [-0.4, -0.2) is 16.2 Å². The average molecular weight is 413 g/mol. The van der Waals surface area contributed by atoms with Crippen molar-refractivity contribution in [3.63, 3.8) is 0 Å². The van der Waals surface area contributed by atoms with E-state index >= 15 is 0 Å². The molecule has 4 rings (SSSR count). The Kier molecular flexibility index (Phi) is 4.53. The molecular weight excluding hydrogens is 399 g/mol. The molecule has 0 saturated heterocycles. The van der Waals surface area contributed by atoms with Crippen molar-refractivity contribution in [1.29, 1.82) is 0 Å². The molecule has 140 valence electrons. The number of hydrogen-bond donors (Lipinski definition) is 2. The van der Waals surface area contributed by atoms with Gasteiger partial charge in [-0.1, -0.05) is 77.8 Å². The molecule has 2 N–H and O–H groups in total. The molecule has 0 spiro atoms. The molecule has 1 aliphatic rings. The summed E-state index contributed by atoms with van der Waals surface area (Å²) in [4.78, 5) is 12.0. The Labute approximate surface area is 171 Å². The maximum atomic E-state index is 12.0. The van der Waals surface area contributed by atoms with E-state index in [1.54, 1.807) is 60.7 Å². The van der Waals surface area contributed by atoms with Gasteiger partial charge in [0.1, 0.15) is 0 Å². The van der Waals surface area contributed by atoms with Crippen molar-refractivity contribution in [2.24, 2.45) is 0 Å². The molecule has 3 aromatic carbocycles. The normalized spacial score (nSPS) is 19.0. The fourth-order valence-electron chi connectivity index (χ4n) is 3.33. The zero-order valence-electron chi connectivity index (χ0n) is 14.4. The molecular formula is C22H14Cl2O4. The number of benzene rings is 3. The summed E-state index contributed by atoms with van der Waals surface area (Å²) in [5.74, 6) is -2.44. The number of aliphatic hydroxyl groups excluding tert-OH is 2. The Morgan fingerprint density at radius 2 is 1.46 bits per heavy atom. The molecule has 0 fully saturated rings. The van der Waals surface area contributed by atoms with E-state index in [0.717, 1.165) is 11.1 Å². The predicted octanol–water partition coefficient (Wildman–Crippen LogP) is 5.79. The van der Waals surface area contributed by atoms with Crippen molar-refractivity contribution in [2.75, 3.05) is 0 Å². The summed E-state index contributed by atoms with van der Waals surface area (Å²) in [7, 11) is 0. The number of cyclic esters (lactones) is 1. The summed E-state index contributed by atoms with van der Waals surface area (Å²) < 4.78 is 5.47. The number of hydrogen-bond acceptors (Lipinski definition) is 4. The number of halogens is 2. The molecule has 1 heterocycles. The first kappa shape index (κ1) is 18.4. The van der Waals surface area contributed by atoms with Gasteiger partial charge < -0.3 is 14.9 Å². The fraction of sp³-hybridized carbons (Fsp3) is 0.0455. The number of esters is 1. The summed E-state index contributed by atoms with van der Waals surface area (Å²) in [6.07, 6.45) is 0. The monoisotopic (exact) mass is 412 g/mol. The minimum Gasteiger partial charge on any atom is -0.504 e. The van der Waals surface area contributed by atoms with Gasteiger partial charge in [0.2, 0.25) is 11.4 Å². The third-order valence-corrected chi connectivity index (χ3v) is 5.27. The van der Waals surface area contributed by atoms with E-state index in [9.17, 15) is 15.0 Å². The van der Waals surface area contributed by atoms with Crippen LogP contribution in [0.15, 0.2) is 84.3 Å². The van der Waals surface area contributed by atoms with Gasteiger partial charge >= 0.3 is 5.97 Å². The summed E-state index contributed by atoms with van der Waals surface area (Å²) in [6.45, 7) is 0. The van der Waals surface area contributed by atoms with E-state index < -0.39 is 23.1 Å². The van der Waals surface area contributed by atoms with Gasteiger partial charge in [-0.15, -0.1) is 0 Å². The third-order valence-electron chi connectivity index (χ3n) is 4.70. The van der Waals surface area contributed by atoms with Gasteiger partial charge in [-0.05, 0) is 29.3 Å². The first-order chi connectivity index (χ1) is 13.4. The lowest BCUT2D eigenvalue weighted by Crippen LogP contribution is -2.31. The minimum absolute atomic E-state index is 0.269. The Hall–Kier alpha value is -2.95. The number of ether oxygens (including phenoxy) is 1. The highest BCUT2D eigenvalue weighted by Gasteiger charge is 2.52. The highest BCUT2D eigenvalue weighted by molar-refractivity contribution is 6.32. The average Bonchev–Trinajstić information content (AvgIpc) is 2.94. The smallest absolute Gasteiger partial charge is 0.378 e. The molecule has 1 unspecified atom stereocenters. The molecule has 0 saturated carbocycles. The van der Waals surface area contributed by atoms with Gasteiger partial charge in [-0.3, -0.25) is 0 Å². The third kappa shape index (κ3) is 2.82. The zero-order chi connectivity index (χ0) is 19.9. The lowest BCUT2D eigenvalue weighted by atomic mass is 9.84. The lowest BCUT2D eigenvalue weighted by molar-refractivity contribution is -0.147. The number of aliphatic hydroxyl groups is 2. The molecule has 0 amide bonds. The maximum absolute atomic E-state index is 12.0. The van der Waals surface area contributed by atoms with E-state index in [2.05, 4.69) is 0 Å². The molecule has 1 atom stereocenters. The second kappa shape index (κ2) is 6.89. The molecule has 1 aliphatic heterocycles. The molecule has 4 nitrogen and oxygen atoms in total. The predicted molar refractivity (Wildman–Crippen MR) is 107 cm³/mol. The fourth-order valence-corrected chi connectivity index (χ4v) is 3.77. The minimum atomic E-state index is -1.71. The van der Waals surface area contributed by atoms with E-state index in [1.165, 1.54) is 0 Å². The molecule has 3 aromatic rings. The Morgan fingerprint density at radius 3 is 2.04 bits per heavy atom. The Balaban J connectivity index is 1.89. The first-order valence-corrected chi connectivity index (χ1v) is 9.16. The van der Waals surface area contributed by atoms with Crippen LogP contribution in [-0.2, 0) is 15.1 Å². The van der Waals surface area contributed by atoms with Crippen molar-refractivity contribution < 1.29 is 19.7 Å². The van der Waals surface area contributed by atoms with Crippen molar-refractivity contribution in [3.8, 4) is 11.1 Å². The Morgan fingerprint density at radius 1 is 0.821 bits per heavy atom. The highest BCUT2D eigenvalue weighted by atomic mass is 35.5. The SMILES string of the molecule is O=C1OC(c2ccccc2)(c2ccc(-c3ccc(Cl)cc3)cc2Cl)C(O)=C1O. The summed E-state index contributed by atoms with van der Waals surface area (Å²) in [6, 6.07) is 21.1. The zero-order valence-corrected chi connectivity index (χ0v) is 15.9. The van der Waals surface area contributed by atoms with E-state index in [0.29, 0.717) is 16.1 Å². The number of carbonyl (C=O) groups is 1. The van der Waals surface area contributed by atoms with Crippen molar-refractivity contribution in [2.45, 2.75) is 5.60 Å².